The van der Waals surface area contributed by atoms with E-state index in [1.807, 2.05) is 41.8 Å². The minimum Gasteiger partial charge on any atom is -0.480 e. The van der Waals surface area contributed by atoms with Gasteiger partial charge in [0.15, 0.2) is 0 Å². The third-order valence-corrected chi connectivity index (χ3v) is 4.31. The van der Waals surface area contributed by atoms with Crippen LogP contribution in [0.25, 0.3) is 0 Å². The number of benzene rings is 1. The summed E-state index contributed by atoms with van der Waals surface area (Å²) in [5, 5.41) is 10.9. The third-order valence-electron chi connectivity index (χ3n) is 3.37. The second kappa shape index (κ2) is 8.45. The van der Waals surface area contributed by atoms with Crippen molar-refractivity contribution in [2.24, 2.45) is 0 Å². The van der Waals surface area contributed by atoms with Crippen LogP contribution in [-0.2, 0) is 22.6 Å². The Morgan fingerprint density at radius 1 is 1.22 bits per heavy atom. The minimum absolute atomic E-state index is 0.259. The Balaban J connectivity index is 2.11. The number of carbonyl (C=O) groups excluding carboxylic acids is 1. The Labute approximate surface area is 139 Å². The summed E-state index contributed by atoms with van der Waals surface area (Å²) in [5.41, 5.74) is 1.86. The average molecular weight is 333 g/mol. The molecule has 23 heavy (non-hydrogen) atoms. The van der Waals surface area contributed by atoms with Gasteiger partial charge in [-0.2, -0.15) is 0 Å². The van der Waals surface area contributed by atoms with Gasteiger partial charge in [0.25, 0.3) is 5.91 Å². The second-order valence-electron chi connectivity index (χ2n) is 5.06. The molecule has 1 aromatic carbocycles. The van der Waals surface area contributed by atoms with Gasteiger partial charge in [-0.15, -0.1) is 11.3 Å². The molecule has 0 aliphatic carbocycles. The summed E-state index contributed by atoms with van der Waals surface area (Å²) in [7, 11) is 1.57. The highest BCUT2D eigenvalue weighted by Gasteiger charge is 2.22. The first-order chi connectivity index (χ1) is 11.1. The summed E-state index contributed by atoms with van der Waals surface area (Å²) in [6.45, 7) is 0.389. The van der Waals surface area contributed by atoms with Gasteiger partial charge in [0.1, 0.15) is 6.54 Å². The van der Waals surface area contributed by atoms with E-state index in [0.717, 1.165) is 11.1 Å². The van der Waals surface area contributed by atoms with Gasteiger partial charge in [-0.25, -0.2) is 0 Å². The van der Waals surface area contributed by atoms with Gasteiger partial charge < -0.3 is 14.7 Å². The van der Waals surface area contributed by atoms with Gasteiger partial charge in [0.2, 0.25) is 0 Å². The van der Waals surface area contributed by atoms with Gasteiger partial charge >= 0.3 is 5.97 Å². The molecule has 1 aromatic heterocycles. The molecule has 1 N–H and O–H groups in total. The minimum atomic E-state index is -1.02. The van der Waals surface area contributed by atoms with Crippen molar-refractivity contribution in [3.8, 4) is 0 Å². The van der Waals surface area contributed by atoms with E-state index in [4.69, 9.17) is 9.84 Å². The molecule has 0 bridgehead atoms. The molecule has 0 fully saturated rings. The van der Waals surface area contributed by atoms with Crippen molar-refractivity contribution in [1.82, 2.24) is 4.90 Å². The van der Waals surface area contributed by atoms with Crippen molar-refractivity contribution in [3.05, 3.63) is 57.8 Å². The molecule has 0 aliphatic heterocycles. The predicted molar refractivity (Wildman–Crippen MR) is 88.7 cm³/mol. The Hall–Kier alpha value is -2.18. The van der Waals surface area contributed by atoms with E-state index < -0.39 is 5.97 Å². The predicted octanol–water partition coefficient (Wildman–Crippen LogP) is 2.66. The van der Waals surface area contributed by atoms with E-state index in [2.05, 4.69) is 0 Å². The molecule has 1 heterocycles. The van der Waals surface area contributed by atoms with Gasteiger partial charge in [0.05, 0.1) is 11.5 Å². The molecule has 0 radical (unpaired) electrons. The molecule has 0 saturated carbocycles. The van der Waals surface area contributed by atoms with Crippen molar-refractivity contribution in [1.29, 1.82) is 0 Å². The van der Waals surface area contributed by atoms with Crippen molar-refractivity contribution >= 4 is 23.2 Å². The van der Waals surface area contributed by atoms with Gasteiger partial charge in [-0.05, 0) is 23.4 Å². The number of methoxy groups -OCH3 is 1. The quantitative estimate of drug-likeness (QED) is 0.806. The highest BCUT2D eigenvalue weighted by atomic mass is 32.1. The molecule has 0 aliphatic rings. The standard InChI is InChI=1S/C17H19NO4S/c1-22-12-14-8-10-23-16(14)17(21)18(11-15(19)20)9-7-13-5-3-2-4-6-13/h2-6,8,10H,7,9,11-12H2,1H3,(H,19,20). The zero-order chi connectivity index (χ0) is 16.7. The fourth-order valence-electron chi connectivity index (χ4n) is 2.26. The number of amides is 1. The number of hydrogen-bond acceptors (Lipinski definition) is 4. The molecule has 6 heteroatoms. The fraction of sp³-hybridized carbons (Fsp3) is 0.294. The maximum atomic E-state index is 12.7. The summed E-state index contributed by atoms with van der Waals surface area (Å²) in [5.74, 6) is -1.28. The molecule has 0 unspecified atom stereocenters. The number of carboxylic acid groups (broad SMARTS) is 1. The van der Waals surface area contributed by atoms with Crippen molar-refractivity contribution in [2.45, 2.75) is 13.0 Å². The Bertz CT molecular complexity index is 654. The lowest BCUT2D eigenvalue weighted by atomic mass is 10.1. The van der Waals surface area contributed by atoms with Crippen molar-refractivity contribution < 1.29 is 19.4 Å². The molecular formula is C17H19NO4S. The number of carbonyl (C=O) groups is 2. The maximum absolute atomic E-state index is 12.7. The van der Waals surface area contributed by atoms with Gasteiger partial charge in [0, 0.05) is 19.2 Å². The summed E-state index contributed by atoms with van der Waals surface area (Å²) in [6.07, 6.45) is 0.616. The van der Waals surface area contributed by atoms with Gasteiger partial charge in [-0.1, -0.05) is 30.3 Å². The first-order valence-corrected chi connectivity index (χ1v) is 8.10. The van der Waals surface area contributed by atoms with Crippen LogP contribution in [0.4, 0.5) is 0 Å². The number of aliphatic carboxylic acids is 1. The molecule has 2 rings (SSSR count). The number of ether oxygens (including phenoxy) is 1. The molecule has 0 spiro atoms. The zero-order valence-electron chi connectivity index (χ0n) is 12.9. The number of carboxylic acids is 1. The van der Waals surface area contributed by atoms with E-state index in [1.165, 1.54) is 16.2 Å². The second-order valence-corrected chi connectivity index (χ2v) is 5.98. The fourth-order valence-corrected chi connectivity index (χ4v) is 3.14. The first-order valence-electron chi connectivity index (χ1n) is 7.22. The average Bonchev–Trinajstić information content (AvgIpc) is 3.00. The number of thiophene rings is 1. The summed E-state index contributed by atoms with van der Waals surface area (Å²) >= 11 is 1.31. The van der Waals surface area contributed by atoms with E-state index in [9.17, 15) is 9.59 Å². The number of rotatable bonds is 8. The SMILES string of the molecule is COCc1ccsc1C(=O)N(CCc1ccccc1)CC(=O)O. The Morgan fingerprint density at radius 3 is 2.61 bits per heavy atom. The van der Waals surface area contributed by atoms with Crippen molar-refractivity contribution in [2.75, 3.05) is 20.2 Å². The van der Waals surface area contributed by atoms with Crippen LogP contribution in [0.2, 0.25) is 0 Å². The number of nitrogens with zero attached hydrogens (tertiary/aromatic N) is 1. The van der Waals surface area contributed by atoms with Crippen LogP contribution in [0.3, 0.4) is 0 Å². The first kappa shape index (κ1) is 17.2. The largest absolute Gasteiger partial charge is 0.480 e. The van der Waals surface area contributed by atoms with Crippen LogP contribution in [0, 0.1) is 0 Å². The zero-order valence-corrected chi connectivity index (χ0v) is 13.7. The molecule has 0 atom stereocenters. The lowest BCUT2D eigenvalue weighted by Gasteiger charge is -2.20. The lowest BCUT2D eigenvalue weighted by molar-refractivity contribution is -0.137. The van der Waals surface area contributed by atoms with Crippen LogP contribution >= 0.6 is 11.3 Å². The third kappa shape index (κ3) is 4.91. The molecule has 2 aromatic rings. The van der Waals surface area contributed by atoms with Crippen LogP contribution in [0.5, 0.6) is 0 Å². The Morgan fingerprint density at radius 2 is 1.96 bits per heavy atom. The highest BCUT2D eigenvalue weighted by Crippen LogP contribution is 2.20. The van der Waals surface area contributed by atoms with Crippen LogP contribution in [-0.4, -0.2) is 42.1 Å². The summed E-state index contributed by atoms with van der Waals surface area (Å²) in [4.78, 5) is 25.7. The van der Waals surface area contributed by atoms with Crippen LogP contribution in [0.1, 0.15) is 20.8 Å². The van der Waals surface area contributed by atoms with Crippen LogP contribution < -0.4 is 0 Å². The highest BCUT2D eigenvalue weighted by molar-refractivity contribution is 7.12. The molecule has 122 valence electrons. The molecule has 1 amide bonds. The molecule has 5 nitrogen and oxygen atoms in total. The van der Waals surface area contributed by atoms with E-state index in [1.54, 1.807) is 7.11 Å². The molecular weight excluding hydrogens is 314 g/mol. The van der Waals surface area contributed by atoms with E-state index in [-0.39, 0.29) is 12.5 Å². The van der Waals surface area contributed by atoms with E-state index >= 15 is 0 Å². The van der Waals surface area contributed by atoms with Gasteiger partial charge in [-0.3, -0.25) is 9.59 Å². The van der Waals surface area contributed by atoms with Crippen molar-refractivity contribution in [3.63, 3.8) is 0 Å². The van der Waals surface area contributed by atoms with E-state index in [0.29, 0.717) is 24.4 Å². The van der Waals surface area contributed by atoms with Crippen LogP contribution in [0.15, 0.2) is 41.8 Å². The monoisotopic (exact) mass is 333 g/mol. The smallest absolute Gasteiger partial charge is 0.323 e. The maximum Gasteiger partial charge on any atom is 0.323 e. The molecule has 0 saturated heterocycles. The summed E-state index contributed by atoms with van der Waals surface area (Å²) in [6, 6.07) is 11.5. The summed E-state index contributed by atoms with van der Waals surface area (Å²) < 4.78 is 5.09. The normalized spacial score (nSPS) is 10.5. The topological polar surface area (TPSA) is 66.8 Å². The number of hydrogen-bond donors (Lipinski definition) is 1. The Kier molecular flexibility index (Phi) is 6.31. The lowest BCUT2D eigenvalue weighted by Crippen LogP contribution is -2.37.